The van der Waals surface area contributed by atoms with Crippen LogP contribution in [0.2, 0.25) is 0 Å². The topological polar surface area (TPSA) is 41.5 Å². The fraction of sp³-hybridized carbons (Fsp3) is 1.00. The second-order valence-corrected chi connectivity index (χ2v) is 4.33. The summed E-state index contributed by atoms with van der Waals surface area (Å²) in [6.45, 7) is 3.39. The molecule has 1 aliphatic rings. The van der Waals surface area contributed by atoms with E-state index in [1.54, 1.807) is 0 Å². The molecule has 90 valence electrons. The molecule has 15 heavy (non-hydrogen) atoms. The third-order valence-corrected chi connectivity index (χ3v) is 2.91. The van der Waals surface area contributed by atoms with Crippen LogP contribution in [0.5, 0.6) is 0 Å². The molecule has 1 rings (SSSR count). The van der Waals surface area contributed by atoms with Gasteiger partial charge >= 0.3 is 0 Å². The molecule has 0 aliphatic carbocycles. The molecule has 1 saturated heterocycles. The number of nitrogens with one attached hydrogen (secondary N) is 1. The van der Waals surface area contributed by atoms with Gasteiger partial charge in [0.25, 0.3) is 0 Å². The van der Waals surface area contributed by atoms with Crippen molar-refractivity contribution in [2.24, 2.45) is 0 Å². The first-order valence-electron chi connectivity index (χ1n) is 6.36. The predicted octanol–water partition coefficient (Wildman–Crippen LogP) is 1.70. The van der Waals surface area contributed by atoms with Crippen LogP contribution in [0.3, 0.4) is 0 Å². The number of hydrogen-bond acceptors (Lipinski definition) is 3. The lowest BCUT2D eigenvalue weighted by Gasteiger charge is -2.22. The van der Waals surface area contributed by atoms with Crippen LogP contribution >= 0.6 is 0 Å². The van der Waals surface area contributed by atoms with E-state index in [1.165, 1.54) is 32.1 Å². The maximum Gasteiger partial charge on any atom is 0.0699 e. The molecule has 0 aromatic carbocycles. The lowest BCUT2D eigenvalue weighted by atomic mass is 10.1. The molecule has 0 radical (unpaired) electrons. The number of aliphatic hydroxyl groups excluding tert-OH is 1. The second kappa shape index (κ2) is 9.13. The predicted molar refractivity (Wildman–Crippen MR) is 62.0 cm³/mol. The Labute approximate surface area is 93.2 Å². The van der Waals surface area contributed by atoms with E-state index in [9.17, 15) is 0 Å². The molecule has 3 heteroatoms. The number of hydrogen-bond donors (Lipinski definition) is 2. The molecule has 0 amide bonds. The first kappa shape index (κ1) is 12.9. The standard InChI is InChI=1S/C12H25NO2/c14-9-5-2-1-4-8-13-11-12-7-3-6-10-15-12/h12-14H,1-11H2. The molecule has 0 spiro atoms. The van der Waals surface area contributed by atoms with Gasteiger partial charge in [0, 0.05) is 19.8 Å². The SMILES string of the molecule is OCCCCCCNCC1CCCCO1. The van der Waals surface area contributed by atoms with Crippen LogP contribution in [0.1, 0.15) is 44.9 Å². The van der Waals surface area contributed by atoms with Gasteiger partial charge in [-0.1, -0.05) is 12.8 Å². The Morgan fingerprint density at radius 3 is 2.73 bits per heavy atom. The van der Waals surface area contributed by atoms with Gasteiger partial charge in [0.1, 0.15) is 0 Å². The van der Waals surface area contributed by atoms with E-state index in [2.05, 4.69) is 5.32 Å². The summed E-state index contributed by atoms with van der Waals surface area (Å²) < 4.78 is 5.63. The molecule has 0 aromatic rings. The van der Waals surface area contributed by atoms with Crippen LogP contribution in [0.15, 0.2) is 0 Å². The summed E-state index contributed by atoms with van der Waals surface area (Å²) in [6.07, 6.45) is 8.77. The van der Waals surface area contributed by atoms with E-state index in [0.717, 1.165) is 32.5 Å². The Hall–Kier alpha value is -0.120. The van der Waals surface area contributed by atoms with E-state index < -0.39 is 0 Å². The third kappa shape index (κ3) is 6.88. The highest BCUT2D eigenvalue weighted by Crippen LogP contribution is 2.11. The number of aliphatic hydroxyl groups is 1. The molecule has 1 atom stereocenters. The van der Waals surface area contributed by atoms with Gasteiger partial charge in [-0.15, -0.1) is 0 Å². The third-order valence-electron chi connectivity index (χ3n) is 2.91. The van der Waals surface area contributed by atoms with Crippen LogP contribution in [0.25, 0.3) is 0 Å². The van der Waals surface area contributed by atoms with Crippen LogP contribution < -0.4 is 5.32 Å². The largest absolute Gasteiger partial charge is 0.396 e. The van der Waals surface area contributed by atoms with Crippen molar-refractivity contribution < 1.29 is 9.84 Å². The Kier molecular flexibility index (Phi) is 7.88. The molecule has 0 saturated carbocycles. The number of ether oxygens (including phenoxy) is 1. The van der Waals surface area contributed by atoms with Crippen LogP contribution in [-0.2, 0) is 4.74 Å². The highest BCUT2D eigenvalue weighted by molar-refractivity contribution is 4.66. The normalized spacial score (nSPS) is 21.8. The van der Waals surface area contributed by atoms with E-state index in [4.69, 9.17) is 9.84 Å². The zero-order valence-corrected chi connectivity index (χ0v) is 9.71. The molecule has 1 aliphatic heterocycles. The second-order valence-electron chi connectivity index (χ2n) is 4.33. The zero-order valence-electron chi connectivity index (χ0n) is 9.71. The van der Waals surface area contributed by atoms with Gasteiger partial charge in [-0.2, -0.15) is 0 Å². The molecular formula is C12H25NO2. The summed E-state index contributed by atoms with van der Waals surface area (Å²) in [5, 5.41) is 12.1. The maximum absolute atomic E-state index is 8.61. The average Bonchev–Trinajstić information content (AvgIpc) is 2.29. The number of rotatable bonds is 8. The Bertz CT molecular complexity index is 136. The minimum atomic E-state index is 0.337. The summed E-state index contributed by atoms with van der Waals surface area (Å²) in [5.41, 5.74) is 0. The first-order valence-corrected chi connectivity index (χ1v) is 6.36. The van der Waals surface area contributed by atoms with Crippen molar-refractivity contribution in [1.29, 1.82) is 0 Å². The molecule has 1 fully saturated rings. The van der Waals surface area contributed by atoms with Gasteiger partial charge in [0.2, 0.25) is 0 Å². The quantitative estimate of drug-likeness (QED) is 0.606. The summed E-state index contributed by atoms with van der Waals surface area (Å²) in [6, 6.07) is 0. The van der Waals surface area contributed by atoms with Gasteiger partial charge in [0.15, 0.2) is 0 Å². The average molecular weight is 215 g/mol. The summed E-state index contributed by atoms with van der Waals surface area (Å²) >= 11 is 0. The lowest BCUT2D eigenvalue weighted by Crippen LogP contribution is -2.32. The molecule has 0 bridgehead atoms. The van der Waals surface area contributed by atoms with E-state index in [-0.39, 0.29) is 0 Å². The summed E-state index contributed by atoms with van der Waals surface area (Å²) in [7, 11) is 0. The van der Waals surface area contributed by atoms with Crippen molar-refractivity contribution >= 4 is 0 Å². The minimum absolute atomic E-state index is 0.337. The van der Waals surface area contributed by atoms with Crippen molar-refractivity contribution in [1.82, 2.24) is 5.32 Å². The zero-order chi connectivity index (χ0) is 10.8. The van der Waals surface area contributed by atoms with Crippen LogP contribution in [0, 0.1) is 0 Å². The Morgan fingerprint density at radius 2 is 2.00 bits per heavy atom. The minimum Gasteiger partial charge on any atom is -0.396 e. The van der Waals surface area contributed by atoms with Crippen molar-refractivity contribution in [2.45, 2.75) is 51.0 Å². The smallest absolute Gasteiger partial charge is 0.0699 e. The van der Waals surface area contributed by atoms with Crippen molar-refractivity contribution in [3.8, 4) is 0 Å². The summed E-state index contributed by atoms with van der Waals surface area (Å²) in [5.74, 6) is 0. The molecule has 1 heterocycles. The number of unbranched alkanes of at least 4 members (excludes halogenated alkanes) is 3. The fourth-order valence-corrected chi connectivity index (χ4v) is 1.95. The molecule has 0 aromatic heterocycles. The Balaban J connectivity index is 1.79. The highest BCUT2D eigenvalue weighted by atomic mass is 16.5. The van der Waals surface area contributed by atoms with Gasteiger partial charge in [0.05, 0.1) is 6.10 Å². The maximum atomic E-state index is 8.61. The first-order chi connectivity index (χ1) is 7.43. The van der Waals surface area contributed by atoms with E-state index >= 15 is 0 Å². The molecule has 3 nitrogen and oxygen atoms in total. The van der Waals surface area contributed by atoms with Crippen molar-refractivity contribution in [3.05, 3.63) is 0 Å². The van der Waals surface area contributed by atoms with Gasteiger partial charge in [-0.3, -0.25) is 0 Å². The molecule has 1 unspecified atom stereocenters. The summed E-state index contributed by atoms with van der Waals surface area (Å²) in [4.78, 5) is 0. The van der Waals surface area contributed by atoms with Gasteiger partial charge in [-0.25, -0.2) is 0 Å². The van der Waals surface area contributed by atoms with Crippen molar-refractivity contribution in [2.75, 3.05) is 26.3 Å². The van der Waals surface area contributed by atoms with Crippen LogP contribution in [-0.4, -0.2) is 37.5 Å². The van der Waals surface area contributed by atoms with E-state index in [0.29, 0.717) is 12.7 Å². The van der Waals surface area contributed by atoms with Crippen LogP contribution in [0.4, 0.5) is 0 Å². The lowest BCUT2D eigenvalue weighted by molar-refractivity contribution is 0.0170. The van der Waals surface area contributed by atoms with Crippen molar-refractivity contribution in [3.63, 3.8) is 0 Å². The molecular weight excluding hydrogens is 190 g/mol. The van der Waals surface area contributed by atoms with Gasteiger partial charge < -0.3 is 15.2 Å². The fourth-order valence-electron chi connectivity index (χ4n) is 1.95. The highest BCUT2D eigenvalue weighted by Gasteiger charge is 2.12. The Morgan fingerprint density at radius 1 is 1.13 bits per heavy atom. The van der Waals surface area contributed by atoms with E-state index in [1.807, 2.05) is 0 Å². The molecule has 2 N–H and O–H groups in total. The van der Waals surface area contributed by atoms with Gasteiger partial charge in [-0.05, 0) is 38.6 Å². The monoisotopic (exact) mass is 215 g/mol.